The third-order valence-electron chi connectivity index (χ3n) is 5.11. The molecule has 11 heteroatoms. The molecule has 1 amide bonds. The molecule has 1 aliphatic rings. The predicted molar refractivity (Wildman–Crippen MR) is 118 cm³/mol. The van der Waals surface area contributed by atoms with Crippen LogP contribution < -0.4 is 10.0 Å². The van der Waals surface area contributed by atoms with Crippen molar-refractivity contribution in [1.82, 2.24) is 10.0 Å². The number of halogens is 3. The summed E-state index contributed by atoms with van der Waals surface area (Å²) < 4.78 is 46.4. The lowest BCUT2D eigenvalue weighted by molar-refractivity contribution is -0.130. The first-order valence-electron chi connectivity index (χ1n) is 9.93. The van der Waals surface area contributed by atoms with Crippen molar-refractivity contribution in [2.75, 3.05) is 6.61 Å². The maximum Gasteiger partial charge on any atom is 0.240 e. The van der Waals surface area contributed by atoms with Crippen LogP contribution >= 0.6 is 23.2 Å². The highest BCUT2D eigenvalue weighted by atomic mass is 35.5. The Morgan fingerprint density at radius 2 is 1.84 bits per heavy atom. The smallest absolute Gasteiger partial charge is 0.240 e. The zero-order valence-electron chi connectivity index (χ0n) is 16.9. The molecule has 0 radical (unpaired) electrons. The van der Waals surface area contributed by atoms with Gasteiger partial charge in [-0.25, -0.2) is 17.5 Å². The second kappa shape index (κ2) is 10.9. The highest BCUT2D eigenvalue weighted by Crippen LogP contribution is 2.24. The van der Waals surface area contributed by atoms with Gasteiger partial charge >= 0.3 is 0 Å². The van der Waals surface area contributed by atoms with Crippen LogP contribution in [-0.2, 0) is 26.1 Å². The first-order valence-corrected chi connectivity index (χ1v) is 12.2. The van der Waals surface area contributed by atoms with Gasteiger partial charge in [-0.15, -0.1) is 0 Å². The van der Waals surface area contributed by atoms with Crippen molar-refractivity contribution in [2.24, 2.45) is 0 Å². The van der Waals surface area contributed by atoms with Crippen LogP contribution in [0.4, 0.5) is 4.39 Å². The summed E-state index contributed by atoms with van der Waals surface area (Å²) in [5.41, 5.74) is 0.792. The summed E-state index contributed by atoms with van der Waals surface area (Å²) in [4.78, 5) is 12.2. The van der Waals surface area contributed by atoms with Crippen molar-refractivity contribution < 1.29 is 27.4 Å². The highest BCUT2D eigenvalue weighted by Gasteiger charge is 2.34. The highest BCUT2D eigenvalue weighted by molar-refractivity contribution is 7.89. The molecule has 0 aliphatic carbocycles. The largest absolute Gasteiger partial charge is 0.394 e. The van der Waals surface area contributed by atoms with E-state index in [4.69, 9.17) is 27.9 Å². The molecule has 2 aromatic carbocycles. The third kappa shape index (κ3) is 6.63. The minimum atomic E-state index is -3.91. The molecule has 1 saturated heterocycles. The summed E-state index contributed by atoms with van der Waals surface area (Å²) >= 11 is 11.8. The molecule has 7 nitrogen and oxygen atoms in total. The van der Waals surface area contributed by atoms with Crippen molar-refractivity contribution in [1.29, 1.82) is 0 Å². The van der Waals surface area contributed by atoms with Gasteiger partial charge in [0.1, 0.15) is 5.82 Å². The number of carbonyl (C=O) groups is 1. The fourth-order valence-electron chi connectivity index (χ4n) is 3.43. The number of ether oxygens (including phenoxy) is 1. The van der Waals surface area contributed by atoms with Gasteiger partial charge in [0, 0.05) is 6.54 Å². The van der Waals surface area contributed by atoms with Crippen molar-refractivity contribution in [2.45, 2.75) is 49.0 Å². The molecule has 2 aromatic rings. The van der Waals surface area contributed by atoms with Crippen LogP contribution in [0.15, 0.2) is 47.4 Å². The predicted octanol–water partition coefficient (Wildman–Crippen LogP) is 3.03. The second-order valence-corrected chi connectivity index (χ2v) is 10.00. The number of sulfonamides is 1. The van der Waals surface area contributed by atoms with Crippen LogP contribution in [0.25, 0.3) is 0 Å². The summed E-state index contributed by atoms with van der Waals surface area (Å²) in [7, 11) is -3.91. The Balaban J connectivity index is 1.52. The Hall–Kier alpha value is -1.75. The van der Waals surface area contributed by atoms with E-state index in [2.05, 4.69) is 10.0 Å². The quantitative estimate of drug-likeness (QED) is 0.512. The topological polar surface area (TPSA) is 105 Å². The lowest BCUT2D eigenvalue weighted by atomic mass is 9.98. The van der Waals surface area contributed by atoms with Crippen LogP contribution in [0.2, 0.25) is 10.0 Å². The van der Waals surface area contributed by atoms with E-state index in [0.717, 1.165) is 29.8 Å². The van der Waals surface area contributed by atoms with Gasteiger partial charge in [-0.3, -0.25) is 4.79 Å². The van der Waals surface area contributed by atoms with Gasteiger partial charge < -0.3 is 15.2 Å². The molecule has 32 heavy (non-hydrogen) atoms. The molecule has 3 atom stereocenters. The fraction of sp³-hybridized carbons (Fsp3) is 0.381. The maximum atomic E-state index is 13.1. The number of aliphatic hydroxyl groups excluding tert-OH is 1. The third-order valence-corrected chi connectivity index (χ3v) is 7.36. The van der Waals surface area contributed by atoms with Crippen molar-refractivity contribution >= 4 is 39.1 Å². The number of carbonyl (C=O) groups excluding carboxylic acids is 1. The van der Waals surface area contributed by atoms with Crippen molar-refractivity contribution in [3.63, 3.8) is 0 Å². The van der Waals surface area contributed by atoms with Crippen LogP contribution in [0.1, 0.15) is 24.8 Å². The minimum absolute atomic E-state index is 0.0647. The molecular formula is C21H23Cl2FN2O5S. The van der Waals surface area contributed by atoms with Gasteiger partial charge in [-0.05, 0) is 54.8 Å². The summed E-state index contributed by atoms with van der Waals surface area (Å²) in [6, 6.07) is 8.84. The first-order chi connectivity index (χ1) is 15.2. The second-order valence-electron chi connectivity index (χ2n) is 7.47. The average molecular weight is 505 g/mol. The van der Waals surface area contributed by atoms with Crippen molar-refractivity contribution in [3.05, 3.63) is 63.9 Å². The monoisotopic (exact) mass is 504 g/mol. The maximum absolute atomic E-state index is 13.1. The Morgan fingerprint density at radius 1 is 1.12 bits per heavy atom. The molecule has 0 bridgehead atoms. The number of hydrogen-bond donors (Lipinski definition) is 3. The average Bonchev–Trinajstić information content (AvgIpc) is 2.75. The van der Waals surface area contributed by atoms with E-state index in [-0.39, 0.29) is 23.8 Å². The van der Waals surface area contributed by atoms with E-state index in [1.165, 1.54) is 0 Å². The summed E-state index contributed by atoms with van der Waals surface area (Å²) in [5.74, 6) is -0.790. The van der Waals surface area contributed by atoms with Gasteiger partial charge in [0.15, 0.2) is 0 Å². The number of nitrogens with one attached hydrogen (secondary N) is 2. The molecule has 3 N–H and O–H groups in total. The van der Waals surface area contributed by atoms with E-state index in [1.807, 2.05) is 0 Å². The number of benzene rings is 2. The van der Waals surface area contributed by atoms with Gasteiger partial charge in [0.2, 0.25) is 15.9 Å². The molecule has 1 heterocycles. The number of amides is 1. The molecule has 1 fully saturated rings. The van der Waals surface area contributed by atoms with Gasteiger partial charge in [-0.1, -0.05) is 29.3 Å². The molecule has 0 spiro atoms. The molecule has 0 unspecified atom stereocenters. The van der Waals surface area contributed by atoms with Crippen LogP contribution in [-0.4, -0.2) is 44.3 Å². The lowest BCUT2D eigenvalue weighted by Gasteiger charge is -2.35. The van der Waals surface area contributed by atoms with Gasteiger partial charge in [0.25, 0.3) is 0 Å². The van der Waals surface area contributed by atoms with Gasteiger partial charge in [-0.2, -0.15) is 0 Å². The van der Waals surface area contributed by atoms with Crippen molar-refractivity contribution in [3.8, 4) is 0 Å². The molecule has 0 aromatic heterocycles. The SMILES string of the molecule is O=C(C[C@@H]1CC[C@@H](NS(=O)(=O)c2ccc(F)cc2)[C@@H](CO)O1)NCc1ccc(Cl)c(Cl)c1. The van der Waals surface area contributed by atoms with E-state index in [0.29, 0.717) is 22.9 Å². The zero-order valence-corrected chi connectivity index (χ0v) is 19.3. The van der Waals surface area contributed by atoms with E-state index >= 15 is 0 Å². The first kappa shape index (κ1) is 24.9. The normalized spacial score (nSPS) is 21.3. The summed E-state index contributed by atoms with van der Waals surface area (Å²) in [6.07, 6.45) is -0.418. The number of aliphatic hydroxyl groups is 1. The number of rotatable bonds is 8. The Bertz CT molecular complexity index is 1050. The Labute approximate surface area is 195 Å². The summed E-state index contributed by atoms with van der Waals surface area (Å²) in [5, 5.41) is 13.3. The molecule has 0 saturated carbocycles. The Morgan fingerprint density at radius 3 is 2.50 bits per heavy atom. The molecular weight excluding hydrogens is 482 g/mol. The minimum Gasteiger partial charge on any atom is -0.394 e. The van der Waals surface area contributed by atoms with Crippen LogP contribution in [0, 0.1) is 5.82 Å². The van der Waals surface area contributed by atoms with Gasteiger partial charge in [0.05, 0.1) is 46.2 Å². The lowest BCUT2D eigenvalue weighted by Crippen LogP contribution is -2.51. The van der Waals surface area contributed by atoms with Crippen LogP contribution in [0.3, 0.4) is 0 Å². The molecule has 3 rings (SSSR count). The van der Waals surface area contributed by atoms with E-state index in [9.17, 15) is 22.7 Å². The Kier molecular flexibility index (Phi) is 8.49. The number of hydrogen-bond acceptors (Lipinski definition) is 5. The zero-order chi connectivity index (χ0) is 23.3. The standard InChI is InChI=1S/C21H23Cl2FN2O5S/c22-17-7-1-13(9-18(17)23)11-25-21(28)10-15-4-8-19(20(12-27)31-15)26-32(29,30)16-5-2-14(24)3-6-16/h1-3,5-7,9,15,19-20,26-27H,4,8,10-12H2,(H,25,28)/t15-,19+,20+/m0/s1. The molecule has 1 aliphatic heterocycles. The molecule has 174 valence electrons. The van der Waals surface area contributed by atoms with E-state index in [1.54, 1.807) is 18.2 Å². The van der Waals surface area contributed by atoms with E-state index < -0.39 is 40.7 Å². The fourth-order valence-corrected chi connectivity index (χ4v) is 5.05. The van der Waals surface area contributed by atoms with Crippen LogP contribution in [0.5, 0.6) is 0 Å². The summed E-state index contributed by atoms with van der Waals surface area (Å²) in [6.45, 7) is -0.149.